The van der Waals surface area contributed by atoms with Gasteiger partial charge in [-0.25, -0.2) is 0 Å². The number of hydrogen-bond acceptors (Lipinski definition) is 2. The molecular formula is C17H25NO2. The van der Waals surface area contributed by atoms with E-state index in [2.05, 4.69) is 43.0 Å². The summed E-state index contributed by atoms with van der Waals surface area (Å²) in [6.07, 6.45) is 3.70. The van der Waals surface area contributed by atoms with Crippen LogP contribution in [-0.2, 0) is 17.6 Å². The Morgan fingerprint density at radius 2 is 1.80 bits per heavy atom. The lowest BCUT2D eigenvalue weighted by atomic mass is 9.95. The van der Waals surface area contributed by atoms with Crippen molar-refractivity contribution in [3.63, 3.8) is 0 Å². The number of piperidine rings is 1. The zero-order chi connectivity index (χ0) is 14.5. The van der Waals surface area contributed by atoms with Crippen molar-refractivity contribution in [3.05, 3.63) is 35.4 Å². The smallest absolute Gasteiger partial charge is 0.306 e. The molecule has 1 aliphatic heterocycles. The first-order chi connectivity index (χ1) is 9.60. The van der Waals surface area contributed by atoms with Crippen molar-refractivity contribution in [3.8, 4) is 0 Å². The molecule has 1 atom stereocenters. The summed E-state index contributed by atoms with van der Waals surface area (Å²) in [5, 5.41) is 9.03. The van der Waals surface area contributed by atoms with Crippen LogP contribution in [0.1, 0.15) is 37.8 Å². The Hall–Kier alpha value is -1.35. The van der Waals surface area contributed by atoms with E-state index >= 15 is 0 Å². The Morgan fingerprint density at radius 1 is 1.25 bits per heavy atom. The van der Waals surface area contributed by atoms with Crippen molar-refractivity contribution in [2.24, 2.45) is 5.92 Å². The summed E-state index contributed by atoms with van der Waals surface area (Å²) in [7, 11) is 0. The molecule has 0 amide bonds. The third kappa shape index (κ3) is 3.83. The number of hydrogen-bond donors (Lipinski definition) is 1. The van der Waals surface area contributed by atoms with Crippen molar-refractivity contribution in [1.29, 1.82) is 0 Å². The van der Waals surface area contributed by atoms with E-state index in [0.29, 0.717) is 6.04 Å². The second-order valence-electron chi connectivity index (χ2n) is 5.87. The molecule has 0 spiro atoms. The van der Waals surface area contributed by atoms with E-state index in [-0.39, 0.29) is 5.92 Å². The zero-order valence-corrected chi connectivity index (χ0v) is 12.5. The normalized spacial score (nSPS) is 18.9. The van der Waals surface area contributed by atoms with Crippen LogP contribution in [0, 0.1) is 5.92 Å². The van der Waals surface area contributed by atoms with Crippen LogP contribution < -0.4 is 0 Å². The molecule has 1 aliphatic rings. The van der Waals surface area contributed by atoms with Crippen LogP contribution in [0.4, 0.5) is 0 Å². The Morgan fingerprint density at radius 3 is 2.30 bits per heavy atom. The molecule has 1 aromatic carbocycles. The van der Waals surface area contributed by atoms with Gasteiger partial charge in [-0.1, -0.05) is 31.2 Å². The molecule has 1 saturated heterocycles. The van der Waals surface area contributed by atoms with Crippen molar-refractivity contribution in [2.45, 2.75) is 45.6 Å². The van der Waals surface area contributed by atoms with E-state index in [0.717, 1.165) is 38.8 Å². The fourth-order valence-corrected chi connectivity index (χ4v) is 2.97. The first-order valence-corrected chi connectivity index (χ1v) is 7.64. The van der Waals surface area contributed by atoms with Gasteiger partial charge in [-0.15, -0.1) is 0 Å². The molecule has 0 bridgehead atoms. The van der Waals surface area contributed by atoms with Crippen LogP contribution in [-0.4, -0.2) is 35.1 Å². The maximum Gasteiger partial charge on any atom is 0.306 e. The third-order valence-corrected chi connectivity index (χ3v) is 4.46. The standard InChI is InChI=1S/C17H25NO2/c1-3-14-4-6-15(7-5-14)12-13(2)18-10-8-16(9-11-18)17(19)20/h4-7,13,16H,3,8-12H2,1-2H3,(H,19,20). The number of carboxylic acids is 1. The average molecular weight is 275 g/mol. The third-order valence-electron chi connectivity index (χ3n) is 4.46. The average Bonchev–Trinajstić information content (AvgIpc) is 2.48. The van der Waals surface area contributed by atoms with Gasteiger partial charge < -0.3 is 10.0 Å². The summed E-state index contributed by atoms with van der Waals surface area (Å²) in [6.45, 7) is 6.23. The van der Waals surface area contributed by atoms with Gasteiger partial charge in [0.25, 0.3) is 0 Å². The minimum atomic E-state index is -0.632. The Kier molecular flexibility index (Phi) is 5.18. The van der Waals surface area contributed by atoms with Gasteiger partial charge in [-0.2, -0.15) is 0 Å². The van der Waals surface area contributed by atoms with E-state index in [9.17, 15) is 4.79 Å². The summed E-state index contributed by atoms with van der Waals surface area (Å²) < 4.78 is 0. The molecule has 1 aromatic rings. The highest BCUT2D eigenvalue weighted by atomic mass is 16.4. The van der Waals surface area contributed by atoms with E-state index in [1.807, 2.05) is 0 Å². The van der Waals surface area contributed by atoms with Crippen LogP contribution in [0.5, 0.6) is 0 Å². The minimum absolute atomic E-state index is 0.137. The fraction of sp³-hybridized carbons (Fsp3) is 0.588. The van der Waals surface area contributed by atoms with Gasteiger partial charge in [-0.3, -0.25) is 4.79 Å². The number of carboxylic acid groups (broad SMARTS) is 1. The molecule has 110 valence electrons. The van der Waals surface area contributed by atoms with E-state index in [4.69, 9.17) is 5.11 Å². The van der Waals surface area contributed by atoms with Crippen LogP contribution in [0.3, 0.4) is 0 Å². The molecule has 3 heteroatoms. The molecule has 0 radical (unpaired) electrons. The lowest BCUT2D eigenvalue weighted by molar-refractivity contribution is -0.143. The molecular weight excluding hydrogens is 250 g/mol. The molecule has 1 fully saturated rings. The maximum atomic E-state index is 11.0. The molecule has 2 rings (SSSR count). The topological polar surface area (TPSA) is 40.5 Å². The number of benzene rings is 1. The van der Waals surface area contributed by atoms with Crippen LogP contribution in [0.2, 0.25) is 0 Å². The maximum absolute atomic E-state index is 11.0. The van der Waals surface area contributed by atoms with Crippen molar-refractivity contribution in [2.75, 3.05) is 13.1 Å². The summed E-state index contributed by atoms with van der Waals surface area (Å²) >= 11 is 0. The molecule has 0 aliphatic carbocycles. The molecule has 20 heavy (non-hydrogen) atoms. The second kappa shape index (κ2) is 6.89. The van der Waals surface area contributed by atoms with Gasteiger partial charge in [-0.05, 0) is 56.8 Å². The van der Waals surface area contributed by atoms with Gasteiger partial charge in [0, 0.05) is 6.04 Å². The van der Waals surface area contributed by atoms with Crippen molar-refractivity contribution in [1.82, 2.24) is 4.90 Å². The fourth-order valence-electron chi connectivity index (χ4n) is 2.97. The number of aryl methyl sites for hydroxylation is 1. The predicted molar refractivity (Wildman–Crippen MR) is 80.9 cm³/mol. The minimum Gasteiger partial charge on any atom is -0.481 e. The van der Waals surface area contributed by atoms with Crippen molar-refractivity contribution < 1.29 is 9.90 Å². The molecule has 0 aromatic heterocycles. The zero-order valence-electron chi connectivity index (χ0n) is 12.5. The van der Waals surface area contributed by atoms with E-state index in [1.54, 1.807) is 0 Å². The van der Waals surface area contributed by atoms with E-state index in [1.165, 1.54) is 11.1 Å². The number of aliphatic carboxylic acids is 1. The highest BCUT2D eigenvalue weighted by Crippen LogP contribution is 2.20. The SMILES string of the molecule is CCc1ccc(CC(C)N2CCC(C(=O)O)CC2)cc1. The number of nitrogens with zero attached hydrogens (tertiary/aromatic N) is 1. The largest absolute Gasteiger partial charge is 0.481 e. The number of likely N-dealkylation sites (tertiary alicyclic amines) is 1. The van der Waals surface area contributed by atoms with Gasteiger partial charge >= 0.3 is 5.97 Å². The molecule has 1 unspecified atom stereocenters. The van der Waals surface area contributed by atoms with Gasteiger partial charge in [0.05, 0.1) is 5.92 Å². The van der Waals surface area contributed by atoms with Gasteiger partial charge in [0.15, 0.2) is 0 Å². The van der Waals surface area contributed by atoms with Gasteiger partial charge in [0.1, 0.15) is 0 Å². The second-order valence-corrected chi connectivity index (χ2v) is 5.87. The molecule has 1 N–H and O–H groups in total. The van der Waals surface area contributed by atoms with E-state index < -0.39 is 5.97 Å². The summed E-state index contributed by atoms with van der Waals surface area (Å²) in [5.74, 6) is -0.769. The summed E-state index contributed by atoms with van der Waals surface area (Å²) in [6, 6.07) is 9.34. The van der Waals surface area contributed by atoms with Gasteiger partial charge in [0.2, 0.25) is 0 Å². The summed E-state index contributed by atoms with van der Waals surface area (Å²) in [5.41, 5.74) is 2.75. The number of rotatable bonds is 5. The first kappa shape index (κ1) is 15.0. The Labute approximate surface area is 121 Å². The monoisotopic (exact) mass is 275 g/mol. The molecule has 0 saturated carbocycles. The van der Waals surface area contributed by atoms with Crippen LogP contribution >= 0.6 is 0 Å². The highest BCUT2D eigenvalue weighted by molar-refractivity contribution is 5.70. The van der Waals surface area contributed by atoms with Crippen LogP contribution in [0.25, 0.3) is 0 Å². The number of carbonyl (C=O) groups is 1. The molecule has 1 heterocycles. The Balaban J connectivity index is 1.85. The predicted octanol–water partition coefficient (Wildman–Crippen LogP) is 2.98. The molecule has 3 nitrogen and oxygen atoms in total. The quantitative estimate of drug-likeness (QED) is 0.898. The lowest BCUT2D eigenvalue weighted by Gasteiger charge is -2.34. The van der Waals surface area contributed by atoms with Crippen molar-refractivity contribution >= 4 is 5.97 Å². The highest BCUT2D eigenvalue weighted by Gasteiger charge is 2.26. The first-order valence-electron chi connectivity index (χ1n) is 7.64. The Bertz CT molecular complexity index is 433. The van der Waals surface area contributed by atoms with Crippen LogP contribution in [0.15, 0.2) is 24.3 Å². The summed E-state index contributed by atoms with van der Waals surface area (Å²) in [4.78, 5) is 13.4. The lowest BCUT2D eigenvalue weighted by Crippen LogP contribution is -2.42.